The zero-order chi connectivity index (χ0) is 14.2. The van der Waals surface area contributed by atoms with Gasteiger partial charge in [0.1, 0.15) is 0 Å². The van der Waals surface area contributed by atoms with E-state index in [1.807, 2.05) is 20.8 Å². The monoisotopic (exact) mass is 269 g/mol. The van der Waals surface area contributed by atoms with Gasteiger partial charge in [0.05, 0.1) is 5.60 Å². The van der Waals surface area contributed by atoms with Crippen molar-refractivity contribution in [2.75, 3.05) is 13.7 Å². The van der Waals surface area contributed by atoms with Crippen molar-refractivity contribution in [1.82, 2.24) is 5.32 Å². The number of rotatable bonds is 9. The first-order chi connectivity index (χ1) is 8.20. The van der Waals surface area contributed by atoms with Crippen LogP contribution in [0.4, 0.5) is 13.2 Å². The summed E-state index contributed by atoms with van der Waals surface area (Å²) in [4.78, 5) is 0. The van der Waals surface area contributed by atoms with Gasteiger partial charge in [0.2, 0.25) is 0 Å². The third-order valence-corrected chi connectivity index (χ3v) is 3.11. The van der Waals surface area contributed by atoms with Gasteiger partial charge >= 0.3 is 6.18 Å². The quantitative estimate of drug-likeness (QED) is 0.685. The lowest BCUT2D eigenvalue weighted by molar-refractivity contribution is -0.136. The minimum absolute atomic E-state index is 0.0824. The van der Waals surface area contributed by atoms with Crippen molar-refractivity contribution >= 4 is 0 Å². The molecule has 1 unspecified atom stereocenters. The summed E-state index contributed by atoms with van der Waals surface area (Å²) in [6.45, 7) is 6.67. The van der Waals surface area contributed by atoms with E-state index in [9.17, 15) is 13.2 Å². The number of methoxy groups -OCH3 is 1. The Bertz CT molecular complexity index is 217. The van der Waals surface area contributed by atoms with Crippen molar-refractivity contribution < 1.29 is 17.9 Å². The van der Waals surface area contributed by atoms with Crippen LogP contribution in [-0.2, 0) is 4.74 Å². The van der Waals surface area contributed by atoms with Gasteiger partial charge in [-0.3, -0.25) is 0 Å². The van der Waals surface area contributed by atoms with E-state index < -0.39 is 12.6 Å². The lowest BCUT2D eigenvalue weighted by atomic mass is 9.96. The van der Waals surface area contributed by atoms with Gasteiger partial charge in [0, 0.05) is 19.6 Å². The molecule has 0 saturated carbocycles. The van der Waals surface area contributed by atoms with Crippen LogP contribution in [-0.4, -0.2) is 31.5 Å². The van der Waals surface area contributed by atoms with Gasteiger partial charge in [-0.1, -0.05) is 6.92 Å². The molecular formula is C13H26F3NO. The van der Waals surface area contributed by atoms with Crippen LogP contribution < -0.4 is 5.32 Å². The van der Waals surface area contributed by atoms with Gasteiger partial charge in [0.25, 0.3) is 0 Å². The second-order valence-corrected chi connectivity index (χ2v) is 5.31. The van der Waals surface area contributed by atoms with Crippen molar-refractivity contribution in [2.45, 2.75) is 70.7 Å². The van der Waals surface area contributed by atoms with E-state index in [1.54, 1.807) is 7.11 Å². The summed E-state index contributed by atoms with van der Waals surface area (Å²) in [6, 6.07) is -0.0824. The fourth-order valence-corrected chi connectivity index (χ4v) is 1.66. The van der Waals surface area contributed by atoms with Crippen LogP contribution in [0.2, 0.25) is 0 Å². The third kappa shape index (κ3) is 9.71. The molecule has 0 aromatic heterocycles. The van der Waals surface area contributed by atoms with E-state index in [0.29, 0.717) is 6.42 Å². The average molecular weight is 269 g/mol. The summed E-state index contributed by atoms with van der Waals surface area (Å²) in [5.74, 6) is 0. The molecule has 0 saturated heterocycles. The van der Waals surface area contributed by atoms with Gasteiger partial charge in [-0.25, -0.2) is 0 Å². The highest BCUT2D eigenvalue weighted by Gasteiger charge is 2.28. The summed E-state index contributed by atoms with van der Waals surface area (Å²) in [7, 11) is 1.63. The molecule has 2 nitrogen and oxygen atoms in total. The largest absolute Gasteiger partial charge is 0.389 e. The Morgan fingerprint density at radius 1 is 1.11 bits per heavy atom. The molecule has 0 aliphatic rings. The molecular weight excluding hydrogens is 243 g/mol. The predicted octanol–water partition coefficient (Wildman–Crippen LogP) is 3.90. The standard InChI is InChI=1S/C13H26F3NO/c1-5-10-17-11(7-9-13(14,15)16)6-8-12(2,3)18-4/h11,17H,5-10H2,1-4H3. The molecule has 1 N–H and O–H groups in total. The molecule has 0 aliphatic heterocycles. The normalized spacial score (nSPS) is 14.8. The van der Waals surface area contributed by atoms with E-state index in [2.05, 4.69) is 5.32 Å². The van der Waals surface area contributed by atoms with Crippen LogP contribution in [0.25, 0.3) is 0 Å². The van der Waals surface area contributed by atoms with Crippen LogP contribution in [0.3, 0.4) is 0 Å². The van der Waals surface area contributed by atoms with Gasteiger partial charge in [-0.05, 0) is 46.1 Å². The Morgan fingerprint density at radius 3 is 2.11 bits per heavy atom. The van der Waals surface area contributed by atoms with Crippen LogP contribution >= 0.6 is 0 Å². The first kappa shape index (κ1) is 17.7. The molecule has 0 amide bonds. The summed E-state index contributed by atoms with van der Waals surface area (Å²) < 4.78 is 42.0. The number of ether oxygens (including phenoxy) is 1. The van der Waals surface area contributed by atoms with Crippen molar-refractivity contribution in [3.05, 3.63) is 0 Å². The molecule has 1 atom stereocenters. The summed E-state index contributed by atoms with van der Waals surface area (Å²) >= 11 is 0. The zero-order valence-electron chi connectivity index (χ0n) is 11.9. The van der Waals surface area contributed by atoms with Crippen molar-refractivity contribution in [1.29, 1.82) is 0 Å². The Balaban J connectivity index is 4.14. The fourth-order valence-electron chi connectivity index (χ4n) is 1.66. The first-order valence-corrected chi connectivity index (χ1v) is 6.55. The van der Waals surface area contributed by atoms with E-state index >= 15 is 0 Å². The Hall–Kier alpha value is -0.290. The van der Waals surface area contributed by atoms with Crippen LogP contribution in [0.5, 0.6) is 0 Å². The smallest absolute Gasteiger partial charge is 0.379 e. The van der Waals surface area contributed by atoms with Crippen LogP contribution in [0, 0.1) is 0 Å². The van der Waals surface area contributed by atoms with Gasteiger partial charge < -0.3 is 10.1 Å². The van der Waals surface area contributed by atoms with Crippen LogP contribution in [0.1, 0.15) is 52.9 Å². The highest BCUT2D eigenvalue weighted by atomic mass is 19.4. The molecule has 110 valence electrons. The Kier molecular flexibility index (Phi) is 7.87. The Morgan fingerprint density at radius 2 is 1.67 bits per heavy atom. The molecule has 0 aromatic rings. The highest BCUT2D eigenvalue weighted by molar-refractivity contribution is 4.75. The maximum absolute atomic E-state index is 12.2. The summed E-state index contributed by atoms with van der Waals surface area (Å²) in [6.07, 6.45) is -2.26. The average Bonchev–Trinajstić information content (AvgIpc) is 2.27. The van der Waals surface area contributed by atoms with E-state index in [1.165, 1.54) is 0 Å². The predicted molar refractivity (Wildman–Crippen MR) is 67.7 cm³/mol. The number of halogens is 3. The zero-order valence-corrected chi connectivity index (χ0v) is 11.9. The highest BCUT2D eigenvalue weighted by Crippen LogP contribution is 2.25. The summed E-state index contributed by atoms with van der Waals surface area (Å²) in [5, 5.41) is 3.18. The van der Waals surface area contributed by atoms with Crippen molar-refractivity contribution in [3.63, 3.8) is 0 Å². The molecule has 0 bridgehead atoms. The molecule has 0 radical (unpaired) electrons. The van der Waals surface area contributed by atoms with E-state index in [-0.39, 0.29) is 18.1 Å². The minimum atomic E-state index is -4.07. The SMILES string of the molecule is CCCNC(CCC(F)(F)F)CCC(C)(C)OC. The van der Waals surface area contributed by atoms with Gasteiger partial charge in [-0.15, -0.1) is 0 Å². The molecule has 0 aromatic carbocycles. The minimum Gasteiger partial charge on any atom is -0.379 e. The van der Waals surface area contributed by atoms with Crippen LogP contribution in [0.15, 0.2) is 0 Å². The number of nitrogens with one attached hydrogen (secondary N) is 1. The third-order valence-electron chi connectivity index (χ3n) is 3.11. The van der Waals surface area contributed by atoms with E-state index in [4.69, 9.17) is 4.74 Å². The Labute approximate surface area is 108 Å². The molecule has 0 spiro atoms. The van der Waals surface area contributed by atoms with Crippen molar-refractivity contribution in [2.24, 2.45) is 0 Å². The lowest BCUT2D eigenvalue weighted by Gasteiger charge is -2.26. The van der Waals surface area contributed by atoms with Crippen molar-refractivity contribution in [3.8, 4) is 0 Å². The maximum Gasteiger partial charge on any atom is 0.389 e. The molecule has 5 heteroatoms. The summed E-state index contributed by atoms with van der Waals surface area (Å²) in [5.41, 5.74) is -0.273. The van der Waals surface area contributed by atoms with Gasteiger partial charge in [0.15, 0.2) is 0 Å². The lowest BCUT2D eigenvalue weighted by Crippen LogP contribution is -2.34. The van der Waals surface area contributed by atoms with Gasteiger partial charge in [-0.2, -0.15) is 13.2 Å². The second-order valence-electron chi connectivity index (χ2n) is 5.31. The first-order valence-electron chi connectivity index (χ1n) is 6.55. The second kappa shape index (κ2) is 8.00. The van der Waals surface area contributed by atoms with E-state index in [0.717, 1.165) is 19.4 Å². The molecule has 0 heterocycles. The fraction of sp³-hybridized carbons (Fsp3) is 1.00. The topological polar surface area (TPSA) is 21.3 Å². The molecule has 0 rings (SSSR count). The number of alkyl halides is 3. The molecule has 0 fully saturated rings. The molecule has 0 aliphatic carbocycles. The number of hydrogen-bond donors (Lipinski definition) is 1. The molecule has 18 heavy (non-hydrogen) atoms. The number of hydrogen-bond acceptors (Lipinski definition) is 2. The maximum atomic E-state index is 12.2.